The van der Waals surface area contributed by atoms with Crippen molar-refractivity contribution in [3.8, 4) is 5.75 Å². The molecular weight excluding hydrogens is 366 g/mol. The number of likely N-dealkylation sites (tertiary alicyclic amines) is 1. The lowest BCUT2D eigenvalue weighted by Gasteiger charge is -2.42. The Balaban J connectivity index is 1.47. The third-order valence-corrected chi connectivity index (χ3v) is 6.45. The van der Waals surface area contributed by atoms with Gasteiger partial charge in [-0.15, -0.1) is 0 Å². The molecule has 6 nitrogen and oxygen atoms in total. The maximum absolute atomic E-state index is 13.0. The van der Waals surface area contributed by atoms with E-state index in [-0.39, 0.29) is 11.1 Å². The zero-order valence-electron chi connectivity index (χ0n) is 16.8. The molecule has 2 atom stereocenters. The van der Waals surface area contributed by atoms with Crippen LogP contribution in [-0.4, -0.2) is 34.2 Å². The number of benzene rings is 1. The molecule has 150 valence electrons. The van der Waals surface area contributed by atoms with Crippen molar-refractivity contribution in [2.75, 3.05) is 20.2 Å². The van der Waals surface area contributed by atoms with Gasteiger partial charge >= 0.3 is 0 Å². The summed E-state index contributed by atoms with van der Waals surface area (Å²) in [7, 11) is 3.48. The van der Waals surface area contributed by atoms with Crippen molar-refractivity contribution < 1.29 is 4.74 Å². The van der Waals surface area contributed by atoms with Crippen molar-refractivity contribution in [3.05, 3.63) is 74.4 Å². The molecule has 3 aromatic rings. The van der Waals surface area contributed by atoms with E-state index in [1.807, 2.05) is 41.9 Å². The summed E-state index contributed by atoms with van der Waals surface area (Å²) in [5.74, 6) is 1.59. The average Bonchev–Trinajstić information content (AvgIpc) is 2.72. The first kappa shape index (κ1) is 18.2. The van der Waals surface area contributed by atoms with Crippen molar-refractivity contribution in [1.82, 2.24) is 14.0 Å². The van der Waals surface area contributed by atoms with E-state index in [9.17, 15) is 9.59 Å². The number of methoxy groups -OCH3 is 1. The van der Waals surface area contributed by atoms with Crippen LogP contribution in [0.4, 0.5) is 0 Å². The van der Waals surface area contributed by atoms with Gasteiger partial charge in [0.1, 0.15) is 5.75 Å². The smallest absolute Gasteiger partial charge is 0.255 e. The lowest BCUT2D eigenvalue weighted by Crippen LogP contribution is -2.47. The molecular formula is C23H25N3O3. The van der Waals surface area contributed by atoms with Crippen LogP contribution in [-0.2, 0) is 20.1 Å². The van der Waals surface area contributed by atoms with Crippen LogP contribution in [0, 0.1) is 5.92 Å². The molecule has 0 radical (unpaired) electrons. The van der Waals surface area contributed by atoms with Gasteiger partial charge in [-0.05, 0) is 42.7 Å². The second-order valence-corrected chi connectivity index (χ2v) is 8.35. The summed E-state index contributed by atoms with van der Waals surface area (Å²) < 4.78 is 9.02. The number of pyridine rings is 2. The number of fused-ring (bicyclic) bond motifs is 5. The fourth-order valence-electron chi connectivity index (χ4n) is 5.13. The first-order valence-electron chi connectivity index (χ1n) is 10.1. The Morgan fingerprint density at radius 1 is 1.07 bits per heavy atom. The third kappa shape index (κ3) is 3.08. The van der Waals surface area contributed by atoms with Crippen LogP contribution in [0.2, 0.25) is 0 Å². The molecule has 2 aliphatic heterocycles. The van der Waals surface area contributed by atoms with Crippen molar-refractivity contribution >= 4 is 10.9 Å². The van der Waals surface area contributed by atoms with E-state index in [0.717, 1.165) is 54.0 Å². The molecule has 29 heavy (non-hydrogen) atoms. The highest BCUT2D eigenvalue weighted by molar-refractivity contribution is 5.81. The largest absolute Gasteiger partial charge is 0.497 e. The van der Waals surface area contributed by atoms with E-state index in [1.54, 1.807) is 17.7 Å². The van der Waals surface area contributed by atoms with Crippen molar-refractivity contribution in [2.24, 2.45) is 13.0 Å². The summed E-state index contributed by atoms with van der Waals surface area (Å²) in [6, 6.07) is 13.4. The van der Waals surface area contributed by atoms with Crippen LogP contribution in [0.5, 0.6) is 5.75 Å². The Labute approximate surface area is 168 Å². The van der Waals surface area contributed by atoms with E-state index in [1.165, 1.54) is 0 Å². The summed E-state index contributed by atoms with van der Waals surface area (Å²) in [6.45, 7) is 3.19. The number of ether oxygens (including phenoxy) is 1. The Bertz CT molecular complexity index is 1210. The molecule has 4 heterocycles. The predicted octanol–water partition coefficient (Wildman–Crippen LogP) is 2.33. The van der Waals surface area contributed by atoms with Crippen LogP contribution in [0.3, 0.4) is 0 Å². The number of hydrogen-bond acceptors (Lipinski definition) is 4. The summed E-state index contributed by atoms with van der Waals surface area (Å²) in [5.41, 5.74) is 3.00. The molecule has 2 bridgehead atoms. The normalized spacial score (nSPS) is 21.2. The van der Waals surface area contributed by atoms with Gasteiger partial charge in [-0.3, -0.25) is 14.5 Å². The van der Waals surface area contributed by atoms with Gasteiger partial charge in [0.05, 0.1) is 12.6 Å². The summed E-state index contributed by atoms with van der Waals surface area (Å²) in [4.78, 5) is 27.6. The SMILES string of the molecule is COc1ccc2c(c1)cc(CN1CC3CC(C1)c1cccc(=O)n1C3)c(=O)n2C. The highest BCUT2D eigenvalue weighted by Crippen LogP contribution is 2.35. The minimum atomic E-state index is 0.0509. The number of aryl methyl sites for hydroxylation is 1. The number of aromatic nitrogens is 2. The van der Waals surface area contributed by atoms with E-state index in [4.69, 9.17) is 4.74 Å². The second kappa shape index (κ2) is 6.88. The molecule has 0 N–H and O–H groups in total. The first-order valence-corrected chi connectivity index (χ1v) is 10.1. The van der Waals surface area contributed by atoms with Crippen LogP contribution in [0.25, 0.3) is 10.9 Å². The number of piperidine rings is 1. The van der Waals surface area contributed by atoms with Crippen LogP contribution in [0.1, 0.15) is 23.6 Å². The molecule has 0 amide bonds. The van der Waals surface area contributed by atoms with Crippen molar-refractivity contribution in [3.63, 3.8) is 0 Å². The average molecular weight is 391 g/mol. The molecule has 0 aliphatic carbocycles. The molecule has 1 fully saturated rings. The van der Waals surface area contributed by atoms with Crippen molar-refractivity contribution in [1.29, 1.82) is 0 Å². The standard InChI is InChI=1S/C23H25N3O3/c1-24-20-7-6-19(29-2)10-16(20)9-18(23(24)28)14-25-11-15-8-17(13-25)21-4-3-5-22(27)26(21)12-15/h3-7,9-10,15,17H,8,11-14H2,1-2H3. The molecule has 5 rings (SSSR count). The lowest BCUT2D eigenvalue weighted by molar-refractivity contribution is 0.114. The Kier molecular flexibility index (Phi) is 4.32. The number of rotatable bonds is 3. The van der Waals surface area contributed by atoms with Crippen LogP contribution < -0.4 is 15.9 Å². The molecule has 0 saturated carbocycles. The van der Waals surface area contributed by atoms with E-state index in [2.05, 4.69) is 11.0 Å². The predicted molar refractivity (Wildman–Crippen MR) is 113 cm³/mol. The first-order chi connectivity index (χ1) is 14.0. The maximum Gasteiger partial charge on any atom is 0.255 e. The lowest BCUT2D eigenvalue weighted by atomic mass is 9.83. The van der Waals surface area contributed by atoms with Gasteiger partial charge in [-0.1, -0.05) is 6.07 Å². The van der Waals surface area contributed by atoms with Gasteiger partial charge in [0, 0.05) is 61.9 Å². The Morgan fingerprint density at radius 2 is 1.93 bits per heavy atom. The molecule has 1 saturated heterocycles. The third-order valence-electron chi connectivity index (χ3n) is 6.45. The van der Waals surface area contributed by atoms with Gasteiger partial charge in [0.25, 0.3) is 11.1 Å². The monoisotopic (exact) mass is 391 g/mol. The number of hydrogen-bond donors (Lipinski definition) is 0. The second-order valence-electron chi connectivity index (χ2n) is 8.35. The van der Waals surface area contributed by atoms with Gasteiger partial charge in [0.15, 0.2) is 0 Å². The van der Waals surface area contributed by atoms with E-state index < -0.39 is 0 Å². The number of nitrogens with zero attached hydrogens (tertiary/aromatic N) is 3. The quantitative estimate of drug-likeness (QED) is 0.688. The van der Waals surface area contributed by atoms with Gasteiger partial charge in [0.2, 0.25) is 0 Å². The highest BCUT2D eigenvalue weighted by atomic mass is 16.5. The van der Waals surface area contributed by atoms with Crippen LogP contribution in [0.15, 0.2) is 52.1 Å². The van der Waals surface area contributed by atoms with Crippen LogP contribution >= 0.6 is 0 Å². The summed E-state index contributed by atoms with van der Waals surface area (Å²) in [5, 5.41) is 1.01. The highest BCUT2D eigenvalue weighted by Gasteiger charge is 2.34. The fraction of sp³-hybridized carbons (Fsp3) is 0.391. The van der Waals surface area contributed by atoms with Gasteiger partial charge < -0.3 is 13.9 Å². The Hall–Kier alpha value is -2.86. The topological polar surface area (TPSA) is 56.5 Å². The summed E-state index contributed by atoms with van der Waals surface area (Å²) in [6.07, 6.45) is 1.12. The fourth-order valence-corrected chi connectivity index (χ4v) is 5.13. The zero-order chi connectivity index (χ0) is 20.1. The molecule has 6 heteroatoms. The maximum atomic E-state index is 13.0. The van der Waals surface area contributed by atoms with Gasteiger partial charge in [-0.25, -0.2) is 0 Å². The van der Waals surface area contributed by atoms with E-state index in [0.29, 0.717) is 18.4 Å². The van der Waals surface area contributed by atoms with Gasteiger partial charge in [-0.2, -0.15) is 0 Å². The molecule has 2 aromatic heterocycles. The van der Waals surface area contributed by atoms with E-state index >= 15 is 0 Å². The van der Waals surface area contributed by atoms with Crippen molar-refractivity contribution in [2.45, 2.75) is 25.4 Å². The summed E-state index contributed by atoms with van der Waals surface area (Å²) >= 11 is 0. The molecule has 2 unspecified atom stereocenters. The zero-order valence-corrected chi connectivity index (χ0v) is 16.8. The minimum absolute atomic E-state index is 0.0509. The molecule has 0 spiro atoms. The molecule has 2 aliphatic rings. The molecule has 1 aromatic carbocycles. The Morgan fingerprint density at radius 3 is 2.76 bits per heavy atom. The minimum Gasteiger partial charge on any atom is -0.497 e.